The number of hydrogen-bond donors (Lipinski definition) is 1. The van der Waals surface area contributed by atoms with E-state index in [1.165, 1.54) is 17.5 Å². The summed E-state index contributed by atoms with van der Waals surface area (Å²) in [5.74, 6) is -0.697. The smallest absolute Gasteiger partial charge is 0.337 e. The monoisotopic (exact) mass is 457 g/mol. The molecule has 0 atom stereocenters. The molecule has 0 aliphatic carbocycles. The first-order valence-corrected chi connectivity index (χ1v) is 11.7. The summed E-state index contributed by atoms with van der Waals surface area (Å²) in [6.07, 6.45) is 3.04. The van der Waals surface area contributed by atoms with Crippen LogP contribution in [0.1, 0.15) is 21.5 Å². The number of ether oxygens (including phenoxy) is 1. The van der Waals surface area contributed by atoms with E-state index in [4.69, 9.17) is 0 Å². The topological polar surface area (TPSA) is 96.0 Å². The lowest BCUT2D eigenvalue weighted by Gasteiger charge is -2.31. The molecule has 0 spiro atoms. The molecule has 170 valence electrons. The molecule has 2 aromatic carbocycles. The largest absolute Gasteiger partial charge is 0.465 e. The number of carbonyl (C=O) groups excluding carboxylic acids is 2. The molecule has 1 heterocycles. The number of carbonyl (C=O) groups is 2. The van der Waals surface area contributed by atoms with Crippen LogP contribution < -0.4 is 5.32 Å². The van der Waals surface area contributed by atoms with Gasteiger partial charge in [-0.2, -0.15) is 4.31 Å². The molecule has 0 saturated carbocycles. The Morgan fingerprint density at radius 3 is 2.22 bits per heavy atom. The second kappa shape index (κ2) is 10.5. The normalized spacial score (nSPS) is 15.6. The van der Waals surface area contributed by atoms with Crippen molar-refractivity contribution in [2.24, 2.45) is 0 Å². The molecule has 1 amide bonds. The van der Waals surface area contributed by atoms with Crippen LogP contribution in [0.3, 0.4) is 0 Å². The maximum absolute atomic E-state index is 12.8. The zero-order valence-corrected chi connectivity index (χ0v) is 19.0. The first-order chi connectivity index (χ1) is 15.3. The van der Waals surface area contributed by atoms with E-state index in [9.17, 15) is 18.0 Å². The summed E-state index contributed by atoms with van der Waals surface area (Å²) < 4.78 is 31.7. The Morgan fingerprint density at radius 2 is 1.62 bits per heavy atom. The molecule has 0 aromatic heterocycles. The molecular weight excluding hydrogens is 430 g/mol. The number of nitrogens with zero attached hydrogens (tertiary/aromatic N) is 2. The van der Waals surface area contributed by atoms with Gasteiger partial charge in [-0.3, -0.25) is 4.79 Å². The number of benzene rings is 2. The van der Waals surface area contributed by atoms with Gasteiger partial charge >= 0.3 is 5.97 Å². The van der Waals surface area contributed by atoms with Gasteiger partial charge in [0.25, 0.3) is 0 Å². The summed E-state index contributed by atoms with van der Waals surface area (Å²) >= 11 is 0. The van der Waals surface area contributed by atoms with Gasteiger partial charge in [-0.25, -0.2) is 13.2 Å². The van der Waals surface area contributed by atoms with Crippen molar-refractivity contribution in [3.63, 3.8) is 0 Å². The number of methoxy groups -OCH3 is 1. The summed E-state index contributed by atoms with van der Waals surface area (Å²) in [5.41, 5.74) is 2.00. The van der Waals surface area contributed by atoms with Gasteiger partial charge in [0.1, 0.15) is 0 Å². The van der Waals surface area contributed by atoms with Crippen molar-refractivity contribution in [2.45, 2.75) is 11.4 Å². The van der Waals surface area contributed by atoms with Crippen LogP contribution in [-0.2, 0) is 26.1 Å². The highest BCUT2D eigenvalue weighted by Gasteiger charge is 2.27. The maximum Gasteiger partial charge on any atom is 0.337 e. The van der Waals surface area contributed by atoms with Gasteiger partial charge < -0.3 is 15.0 Å². The van der Waals surface area contributed by atoms with Crippen LogP contribution in [0.15, 0.2) is 59.5 Å². The molecule has 1 N–H and O–H groups in total. The number of piperazine rings is 1. The molecule has 0 bridgehead atoms. The summed E-state index contributed by atoms with van der Waals surface area (Å²) in [6.45, 7) is 2.67. The fourth-order valence-corrected chi connectivity index (χ4v) is 4.65. The Morgan fingerprint density at radius 1 is 1.00 bits per heavy atom. The third-order valence-electron chi connectivity index (χ3n) is 5.25. The first-order valence-electron chi connectivity index (χ1n) is 10.2. The van der Waals surface area contributed by atoms with Crippen LogP contribution in [-0.4, -0.2) is 69.8 Å². The standard InChI is InChI=1S/C23H27N3O5S/c1-25-13-15-26(16-14-25)32(29,30)21-10-5-19(6-11-21)17-24-22(27)12-7-18-3-8-20(9-4-18)23(28)31-2/h3-12H,13-17H2,1-2H3,(H,24,27)/b12-7+. The average molecular weight is 458 g/mol. The molecule has 1 aliphatic heterocycles. The molecule has 1 fully saturated rings. The highest BCUT2D eigenvalue weighted by molar-refractivity contribution is 7.89. The molecule has 8 nitrogen and oxygen atoms in total. The van der Waals surface area contributed by atoms with Crippen molar-refractivity contribution in [1.82, 2.24) is 14.5 Å². The molecular formula is C23H27N3O5S. The van der Waals surface area contributed by atoms with Crippen LogP contribution in [0.5, 0.6) is 0 Å². The van der Waals surface area contributed by atoms with E-state index < -0.39 is 16.0 Å². The van der Waals surface area contributed by atoms with Crippen molar-refractivity contribution in [2.75, 3.05) is 40.3 Å². The second-order valence-electron chi connectivity index (χ2n) is 7.52. The lowest BCUT2D eigenvalue weighted by Crippen LogP contribution is -2.46. The minimum absolute atomic E-state index is 0.257. The van der Waals surface area contributed by atoms with Crippen LogP contribution in [0.4, 0.5) is 0 Å². The Labute approximate surface area is 188 Å². The minimum Gasteiger partial charge on any atom is -0.465 e. The Hall–Kier alpha value is -3.01. The number of likely N-dealkylation sites (N-methyl/N-ethyl adjacent to an activating group) is 1. The van der Waals surface area contributed by atoms with E-state index in [0.29, 0.717) is 31.7 Å². The highest BCUT2D eigenvalue weighted by Crippen LogP contribution is 2.18. The predicted molar refractivity (Wildman–Crippen MR) is 121 cm³/mol. The quantitative estimate of drug-likeness (QED) is 0.503. The zero-order valence-electron chi connectivity index (χ0n) is 18.2. The fourth-order valence-electron chi connectivity index (χ4n) is 3.22. The summed E-state index contributed by atoms with van der Waals surface area (Å²) in [5, 5.41) is 2.77. The van der Waals surface area contributed by atoms with Gasteiger partial charge in [-0.05, 0) is 48.5 Å². The Kier molecular flexibility index (Phi) is 7.79. The summed E-state index contributed by atoms with van der Waals surface area (Å²) in [7, 11) is -0.209. The van der Waals surface area contributed by atoms with Gasteiger partial charge in [0.15, 0.2) is 0 Å². The SMILES string of the molecule is COC(=O)c1ccc(/C=C/C(=O)NCc2ccc(S(=O)(=O)N3CCN(C)CC3)cc2)cc1. The lowest BCUT2D eigenvalue weighted by atomic mass is 10.1. The lowest BCUT2D eigenvalue weighted by molar-refractivity contribution is -0.116. The first kappa shape index (κ1) is 23.6. The van der Waals surface area contributed by atoms with E-state index in [0.717, 1.165) is 11.1 Å². The fraction of sp³-hybridized carbons (Fsp3) is 0.304. The van der Waals surface area contributed by atoms with Crippen molar-refractivity contribution in [1.29, 1.82) is 0 Å². The molecule has 0 radical (unpaired) electrons. The number of rotatable bonds is 7. The van der Waals surface area contributed by atoms with Gasteiger partial charge in [0.2, 0.25) is 15.9 Å². The average Bonchev–Trinajstić information content (AvgIpc) is 2.81. The van der Waals surface area contributed by atoms with Crippen molar-refractivity contribution in [3.8, 4) is 0 Å². The Bertz CT molecular complexity index is 1070. The number of esters is 1. The van der Waals surface area contributed by atoms with E-state index in [1.54, 1.807) is 54.6 Å². The van der Waals surface area contributed by atoms with Crippen molar-refractivity contribution < 1.29 is 22.7 Å². The minimum atomic E-state index is -3.50. The third kappa shape index (κ3) is 6.03. The number of nitrogens with one attached hydrogen (secondary N) is 1. The van der Waals surface area contributed by atoms with E-state index in [-0.39, 0.29) is 17.3 Å². The molecule has 32 heavy (non-hydrogen) atoms. The predicted octanol–water partition coefficient (Wildman–Crippen LogP) is 1.74. The van der Waals surface area contributed by atoms with Crippen molar-refractivity contribution in [3.05, 3.63) is 71.3 Å². The Balaban J connectivity index is 1.53. The van der Waals surface area contributed by atoms with E-state index in [1.807, 2.05) is 7.05 Å². The van der Waals surface area contributed by atoms with E-state index in [2.05, 4.69) is 15.0 Å². The molecule has 2 aromatic rings. The maximum atomic E-state index is 12.8. The van der Waals surface area contributed by atoms with Crippen LogP contribution in [0.25, 0.3) is 6.08 Å². The van der Waals surface area contributed by atoms with Crippen LogP contribution in [0, 0.1) is 0 Å². The van der Waals surface area contributed by atoms with Gasteiger partial charge in [-0.15, -0.1) is 0 Å². The number of amides is 1. The molecule has 1 aliphatic rings. The number of sulfonamides is 1. The number of hydrogen-bond acceptors (Lipinski definition) is 6. The van der Waals surface area contributed by atoms with E-state index >= 15 is 0 Å². The third-order valence-corrected chi connectivity index (χ3v) is 7.16. The van der Waals surface area contributed by atoms with Crippen LogP contribution >= 0.6 is 0 Å². The molecule has 0 unspecified atom stereocenters. The molecule has 1 saturated heterocycles. The molecule has 9 heteroatoms. The van der Waals surface area contributed by atoms with Gasteiger partial charge in [0.05, 0.1) is 17.6 Å². The molecule has 3 rings (SSSR count). The highest BCUT2D eigenvalue weighted by atomic mass is 32.2. The van der Waals surface area contributed by atoms with Gasteiger partial charge in [0, 0.05) is 38.8 Å². The summed E-state index contributed by atoms with van der Waals surface area (Å²) in [4.78, 5) is 25.9. The zero-order chi connectivity index (χ0) is 23.1. The van der Waals surface area contributed by atoms with Crippen molar-refractivity contribution >= 4 is 28.0 Å². The van der Waals surface area contributed by atoms with Crippen LogP contribution in [0.2, 0.25) is 0 Å². The van der Waals surface area contributed by atoms with Gasteiger partial charge in [-0.1, -0.05) is 24.3 Å². The second-order valence-corrected chi connectivity index (χ2v) is 9.45. The summed E-state index contributed by atoms with van der Waals surface area (Å²) in [6, 6.07) is 13.3.